The molecule has 4 atom stereocenters. The van der Waals surface area contributed by atoms with E-state index in [0.29, 0.717) is 6.42 Å². The maximum absolute atomic E-state index is 12.6. The molecule has 0 amide bonds. The number of epoxide rings is 1. The van der Waals surface area contributed by atoms with Crippen molar-refractivity contribution in [2.24, 2.45) is 16.2 Å². The van der Waals surface area contributed by atoms with Crippen LogP contribution >= 0.6 is 0 Å². The minimum Gasteiger partial charge on any atom is -0.468 e. The maximum Gasteiger partial charge on any atom is 0.322 e. The molecule has 4 heteroatoms. The Morgan fingerprint density at radius 3 is 2.56 bits per heavy atom. The van der Waals surface area contributed by atoms with E-state index in [4.69, 9.17) is 9.47 Å². The Balaban J connectivity index is 1.99. The summed E-state index contributed by atoms with van der Waals surface area (Å²) in [5, 5.41) is 0. The molecule has 2 bridgehead atoms. The molecule has 0 N–H and O–H groups in total. The van der Waals surface area contributed by atoms with E-state index in [1.54, 1.807) is 0 Å². The fourth-order valence-electron chi connectivity index (χ4n) is 5.40. The van der Waals surface area contributed by atoms with Gasteiger partial charge in [-0.05, 0) is 26.2 Å². The van der Waals surface area contributed by atoms with Crippen LogP contribution in [0.5, 0.6) is 0 Å². The summed E-state index contributed by atoms with van der Waals surface area (Å²) >= 11 is 0. The number of Topliss-reactive ketones (excluding diaryl/α,β-unsaturated/α-hetero) is 1. The Bertz CT molecular complexity index is 484. The lowest BCUT2D eigenvalue weighted by Gasteiger charge is -2.47. The molecule has 1 spiro atoms. The maximum atomic E-state index is 12.6. The van der Waals surface area contributed by atoms with Crippen molar-refractivity contribution < 1.29 is 19.1 Å². The predicted octanol–water partition coefficient (Wildman–Crippen LogP) is 1.47. The van der Waals surface area contributed by atoms with Crippen LogP contribution in [0.1, 0.15) is 39.5 Å². The number of ketones is 1. The predicted molar refractivity (Wildman–Crippen MR) is 61.7 cm³/mol. The number of fused-ring (bicyclic) bond motifs is 3. The Labute approximate surface area is 106 Å². The number of hydrogen-bond donors (Lipinski definition) is 0. The molecule has 4 aliphatic rings. The van der Waals surface area contributed by atoms with Gasteiger partial charge in [0.1, 0.15) is 6.10 Å². The molecule has 1 saturated heterocycles. The van der Waals surface area contributed by atoms with Gasteiger partial charge in [-0.1, -0.05) is 6.92 Å². The molecule has 4 fully saturated rings. The number of rotatable bonds is 1. The zero-order chi connectivity index (χ0) is 13.0. The first-order valence-corrected chi connectivity index (χ1v) is 6.70. The Morgan fingerprint density at radius 1 is 1.33 bits per heavy atom. The fraction of sp³-hybridized carbons (Fsp3) is 0.857. The first kappa shape index (κ1) is 11.0. The van der Waals surface area contributed by atoms with Gasteiger partial charge in [-0.2, -0.15) is 0 Å². The van der Waals surface area contributed by atoms with Crippen molar-refractivity contribution in [1.29, 1.82) is 0 Å². The summed E-state index contributed by atoms with van der Waals surface area (Å²) in [6.45, 7) is 4.28. The van der Waals surface area contributed by atoms with E-state index < -0.39 is 5.41 Å². The molecule has 98 valence electrons. The zero-order valence-corrected chi connectivity index (χ0v) is 11.0. The highest BCUT2D eigenvalue weighted by molar-refractivity contribution is 6.08. The molecule has 0 unspecified atom stereocenters. The number of ether oxygens (including phenoxy) is 2. The molecular formula is C14H18O4. The molecule has 0 aromatic carbocycles. The van der Waals surface area contributed by atoms with Crippen LogP contribution < -0.4 is 0 Å². The summed E-state index contributed by atoms with van der Waals surface area (Å²) in [6, 6.07) is 0. The van der Waals surface area contributed by atoms with Crippen LogP contribution in [0, 0.1) is 16.2 Å². The summed E-state index contributed by atoms with van der Waals surface area (Å²) in [6.07, 6.45) is 3.00. The number of carbonyl (C=O) groups excluding carboxylic acids is 2. The van der Waals surface area contributed by atoms with Gasteiger partial charge in [-0.15, -0.1) is 0 Å². The lowest BCUT2D eigenvalue weighted by molar-refractivity contribution is -0.176. The van der Waals surface area contributed by atoms with E-state index in [9.17, 15) is 9.59 Å². The van der Waals surface area contributed by atoms with Crippen LogP contribution in [0.4, 0.5) is 0 Å². The zero-order valence-electron chi connectivity index (χ0n) is 11.0. The Morgan fingerprint density at radius 2 is 2.00 bits per heavy atom. The van der Waals surface area contributed by atoms with Gasteiger partial charge in [-0.3, -0.25) is 9.59 Å². The van der Waals surface area contributed by atoms with Crippen LogP contribution in [-0.4, -0.2) is 30.6 Å². The lowest BCUT2D eigenvalue weighted by Crippen LogP contribution is -2.56. The van der Waals surface area contributed by atoms with Crippen molar-refractivity contribution in [3.8, 4) is 0 Å². The second-order valence-corrected chi connectivity index (χ2v) is 6.74. The molecule has 4 nitrogen and oxygen atoms in total. The molecule has 1 aliphatic heterocycles. The lowest BCUT2D eigenvalue weighted by atomic mass is 9.55. The van der Waals surface area contributed by atoms with Crippen LogP contribution in [0.15, 0.2) is 0 Å². The molecule has 0 aromatic heterocycles. The molecule has 3 saturated carbocycles. The fourth-order valence-corrected chi connectivity index (χ4v) is 5.40. The van der Waals surface area contributed by atoms with Crippen molar-refractivity contribution in [3.05, 3.63) is 0 Å². The smallest absolute Gasteiger partial charge is 0.322 e. The highest BCUT2D eigenvalue weighted by atomic mass is 16.6. The van der Waals surface area contributed by atoms with Crippen molar-refractivity contribution in [1.82, 2.24) is 0 Å². The van der Waals surface area contributed by atoms with E-state index >= 15 is 0 Å². The van der Waals surface area contributed by atoms with Gasteiger partial charge in [0.15, 0.2) is 11.2 Å². The normalized spacial score (nSPS) is 54.2. The number of esters is 1. The summed E-state index contributed by atoms with van der Waals surface area (Å²) < 4.78 is 10.9. The number of carbonyl (C=O) groups is 2. The molecule has 0 aromatic rings. The largest absolute Gasteiger partial charge is 0.468 e. The average Bonchev–Trinajstić information content (AvgIpc) is 3.22. The SMILES string of the molecule is COC(=O)[C@]12C(=O)CC[C@](C)(C13CC3)[C@]1(C)O[C@H]21. The van der Waals surface area contributed by atoms with Crippen LogP contribution in [-0.2, 0) is 19.1 Å². The van der Waals surface area contributed by atoms with Crippen LogP contribution in [0.2, 0.25) is 0 Å². The first-order chi connectivity index (χ1) is 8.41. The van der Waals surface area contributed by atoms with Crippen LogP contribution in [0.25, 0.3) is 0 Å². The molecule has 4 rings (SSSR count). The van der Waals surface area contributed by atoms with Crippen molar-refractivity contribution >= 4 is 11.8 Å². The van der Waals surface area contributed by atoms with Gasteiger partial charge < -0.3 is 9.47 Å². The summed E-state index contributed by atoms with van der Waals surface area (Å²) in [4.78, 5) is 25.0. The van der Waals surface area contributed by atoms with E-state index in [0.717, 1.165) is 19.3 Å². The van der Waals surface area contributed by atoms with E-state index in [1.165, 1.54) is 7.11 Å². The van der Waals surface area contributed by atoms with Crippen molar-refractivity contribution in [2.75, 3.05) is 7.11 Å². The van der Waals surface area contributed by atoms with Gasteiger partial charge in [0.2, 0.25) is 0 Å². The summed E-state index contributed by atoms with van der Waals surface area (Å²) in [5.41, 5.74) is -1.53. The van der Waals surface area contributed by atoms with E-state index in [2.05, 4.69) is 13.8 Å². The highest BCUT2D eigenvalue weighted by Gasteiger charge is 2.95. The minimum atomic E-state index is -0.997. The topological polar surface area (TPSA) is 55.9 Å². The number of hydrogen-bond acceptors (Lipinski definition) is 4. The molecule has 0 radical (unpaired) electrons. The Hall–Kier alpha value is -0.900. The molecule has 18 heavy (non-hydrogen) atoms. The third-order valence-electron chi connectivity index (χ3n) is 6.65. The van der Waals surface area contributed by atoms with Crippen molar-refractivity contribution in [3.63, 3.8) is 0 Å². The van der Waals surface area contributed by atoms with Gasteiger partial charge in [0, 0.05) is 17.3 Å². The highest BCUT2D eigenvalue weighted by Crippen LogP contribution is 2.87. The molecule has 1 heterocycles. The third kappa shape index (κ3) is 0.687. The minimum absolute atomic E-state index is 0.0488. The Kier molecular flexibility index (Phi) is 1.54. The van der Waals surface area contributed by atoms with Gasteiger partial charge in [-0.25, -0.2) is 0 Å². The van der Waals surface area contributed by atoms with Crippen LogP contribution in [0.3, 0.4) is 0 Å². The average molecular weight is 250 g/mol. The second kappa shape index (κ2) is 2.53. The second-order valence-electron chi connectivity index (χ2n) is 6.74. The molecule has 3 aliphatic carbocycles. The molecular weight excluding hydrogens is 232 g/mol. The van der Waals surface area contributed by atoms with E-state index in [-0.39, 0.29) is 34.3 Å². The summed E-state index contributed by atoms with van der Waals surface area (Å²) in [5.74, 6) is -0.308. The first-order valence-electron chi connectivity index (χ1n) is 6.70. The number of methoxy groups -OCH3 is 1. The third-order valence-corrected chi connectivity index (χ3v) is 6.65. The monoisotopic (exact) mass is 250 g/mol. The van der Waals surface area contributed by atoms with Gasteiger partial charge >= 0.3 is 5.97 Å². The van der Waals surface area contributed by atoms with Crippen molar-refractivity contribution in [2.45, 2.75) is 51.2 Å². The summed E-state index contributed by atoms with van der Waals surface area (Å²) in [7, 11) is 1.38. The quantitative estimate of drug-likeness (QED) is 0.402. The van der Waals surface area contributed by atoms with Gasteiger partial charge in [0.05, 0.1) is 12.7 Å². The van der Waals surface area contributed by atoms with Gasteiger partial charge in [0.25, 0.3) is 0 Å². The standard InChI is InChI=1S/C14H18O4/c1-11-5-4-8(15)14(10(16)17-3,13(11)6-7-13)9-12(11,2)18-9/h9H,4-7H2,1-3H3/t9-,11-,12+,14+/m0/s1. The van der Waals surface area contributed by atoms with E-state index in [1.807, 2.05) is 0 Å².